The van der Waals surface area contributed by atoms with E-state index in [-0.39, 0.29) is 28.8 Å². The van der Waals surface area contributed by atoms with Crippen molar-refractivity contribution in [1.82, 2.24) is 9.62 Å². The second-order valence-corrected chi connectivity index (χ2v) is 9.81. The number of hydrogen-bond donors (Lipinski definition) is 1. The van der Waals surface area contributed by atoms with Gasteiger partial charge in [0.25, 0.3) is 5.91 Å². The number of benzene rings is 3. The molecule has 0 fully saturated rings. The van der Waals surface area contributed by atoms with E-state index in [0.717, 1.165) is 11.1 Å². The van der Waals surface area contributed by atoms with E-state index in [0.29, 0.717) is 5.02 Å². The van der Waals surface area contributed by atoms with E-state index in [2.05, 4.69) is 5.32 Å². The molecule has 0 heterocycles. The number of amides is 1. The SMILES string of the molecule is COc1ccc(C(=O)NC(C)c2cccc(Cl)c2)cc1S(=O)(=O)N(C)Cc1ccccc1. The summed E-state index contributed by atoms with van der Waals surface area (Å²) in [6.07, 6.45) is 0. The van der Waals surface area contributed by atoms with Crippen LogP contribution in [0.1, 0.15) is 34.5 Å². The lowest BCUT2D eigenvalue weighted by Crippen LogP contribution is -2.29. The van der Waals surface area contributed by atoms with Crippen LogP contribution < -0.4 is 10.1 Å². The van der Waals surface area contributed by atoms with E-state index in [9.17, 15) is 13.2 Å². The average molecular weight is 473 g/mol. The summed E-state index contributed by atoms with van der Waals surface area (Å²) in [7, 11) is -1.02. The zero-order chi connectivity index (χ0) is 23.3. The number of halogens is 1. The molecule has 0 aliphatic rings. The van der Waals surface area contributed by atoms with Gasteiger partial charge in [0.1, 0.15) is 10.6 Å². The first-order valence-electron chi connectivity index (χ1n) is 9.97. The number of hydrogen-bond acceptors (Lipinski definition) is 4. The quantitative estimate of drug-likeness (QED) is 0.517. The van der Waals surface area contributed by atoms with Crippen molar-refractivity contribution in [1.29, 1.82) is 0 Å². The molecule has 1 unspecified atom stereocenters. The van der Waals surface area contributed by atoms with Crippen molar-refractivity contribution in [3.8, 4) is 5.75 Å². The van der Waals surface area contributed by atoms with Gasteiger partial charge in [0.15, 0.2) is 0 Å². The number of rotatable bonds is 8. The zero-order valence-electron chi connectivity index (χ0n) is 18.1. The minimum absolute atomic E-state index is 0.0681. The number of nitrogens with one attached hydrogen (secondary N) is 1. The highest BCUT2D eigenvalue weighted by molar-refractivity contribution is 7.89. The Morgan fingerprint density at radius 2 is 1.78 bits per heavy atom. The van der Waals surface area contributed by atoms with E-state index in [1.807, 2.05) is 43.3 Å². The van der Waals surface area contributed by atoms with E-state index in [4.69, 9.17) is 16.3 Å². The number of carbonyl (C=O) groups excluding carboxylic acids is 1. The number of carbonyl (C=O) groups is 1. The van der Waals surface area contributed by atoms with Crippen LogP contribution in [0, 0.1) is 0 Å². The lowest BCUT2D eigenvalue weighted by atomic mass is 10.1. The Bertz CT molecular complexity index is 1200. The molecule has 1 N–H and O–H groups in total. The van der Waals surface area contributed by atoms with Gasteiger partial charge in [-0.25, -0.2) is 8.42 Å². The molecular weight excluding hydrogens is 448 g/mol. The zero-order valence-corrected chi connectivity index (χ0v) is 19.7. The van der Waals surface area contributed by atoms with Crippen LogP contribution in [-0.4, -0.2) is 32.8 Å². The second-order valence-electron chi connectivity index (χ2n) is 7.36. The molecule has 3 aromatic carbocycles. The van der Waals surface area contributed by atoms with E-state index in [1.54, 1.807) is 18.2 Å². The summed E-state index contributed by atoms with van der Waals surface area (Å²) < 4.78 is 33.1. The van der Waals surface area contributed by atoms with Gasteiger partial charge >= 0.3 is 0 Å². The average Bonchev–Trinajstić information content (AvgIpc) is 2.79. The lowest BCUT2D eigenvalue weighted by molar-refractivity contribution is 0.0939. The molecule has 3 aromatic rings. The van der Waals surface area contributed by atoms with Gasteiger partial charge in [-0.3, -0.25) is 4.79 Å². The third-order valence-electron chi connectivity index (χ3n) is 5.06. The van der Waals surface area contributed by atoms with Crippen LogP contribution in [0.4, 0.5) is 0 Å². The summed E-state index contributed by atoms with van der Waals surface area (Å²) in [5.74, 6) is -0.230. The fraction of sp³-hybridized carbons (Fsp3) is 0.208. The molecule has 0 aliphatic heterocycles. The second kappa shape index (κ2) is 10.2. The van der Waals surface area contributed by atoms with Gasteiger partial charge in [-0.2, -0.15) is 4.31 Å². The van der Waals surface area contributed by atoms with Crippen molar-refractivity contribution in [2.75, 3.05) is 14.2 Å². The first kappa shape index (κ1) is 23.8. The maximum absolute atomic E-state index is 13.3. The molecule has 0 aliphatic carbocycles. The maximum Gasteiger partial charge on any atom is 0.251 e. The smallest absolute Gasteiger partial charge is 0.251 e. The van der Waals surface area contributed by atoms with Crippen LogP contribution in [0.25, 0.3) is 0 Å². The Morgan fingerprint density at radius 3 is 2.44 bits per heavy atom. The van der Waals surface area contributed by atoms with Gasteiger partial charge in [0.2, 0.25) is 10.0 Å². The largest absolute Gasteiger partial charge is 0.495 e. The van der Waals surface area contributed by atoms with Crippen molar-refractivity contribution in [2.24, 2.45) is 0 Å². The minimum Gasteiger partial charge on any atom is -0.495 e. The number of ether oxygens (including phenoxy) is 1. The molecule has 0 bridgehead atoms. The minimum atomic E-state index is -3.91. The number of nitrogens with zero attached hydrogens (tertiary/aromatic N) is 1. The molecule has 0 spiro atoms. The van der Waals surface area contributed by atoms with Crippen LogP contribution in [0.15, 0.2) is 77.7 Å². The molecule has 0 saturated heterocycles. The van der Waals surface area contributed by atoms with Crippen LogP contribution in [-0.2, 0) is 16.6 Å². The third kappa shape index (κ3) is 5.48. The summed E-state index contributed by atoms with van der Waals surface area (Å²) in [5.41, 5.74) is 1.91. The Labute approximate surface area is 193 Å². The lowest BCUT2D eigenvalue weighted by Gasteiger charge is -2.20. The molecule has 1 amide bonds. The molecule has 0 saturated carbocycles. The predicted octanol–water partition coefficient (Wildman–Crippen LogP) is 4.66. The topological polar surface area (TPSA) is 75.7 Å². The summed E-state index contributed by atoms with van der Waals surface area (Å²) in [6.45, 7) is 2.02. The highest BCUT2D eigenvalue weighted by Gasteiger charge is 2.26. The normalized spacial score (nSPS) is 12.4. The van der Waals surface area contributed by atoms with Crippen LogP contribution in [0.5, 0.6) is 5.75 Å². The Morgan fingerprint density at radius 1 is 1.06 bits per heavy atom. The maximum atomic E-state index is 13.3. The van der Waals surface area contributed by atoms with Gasteiger partial charge in [-0.1, -0.05) is 54.1 Å². The molecule has 1 atom stereocenters. The number of sulfonamides is 1. The monoisotopic (exact) mass is 472 g/mol. The van der Waals surface area contributed by atoms with Gasteiger partial charge in [-0.15, -0.1) is 0 Å². The van der Waals surface area contributed by atoms with Crippen LogP contribution in [0.3, 0.4) is 0 Å². The van der Waals surface area contributed by atoms with Gasteiger partial charge in [-0.05, 0) is 48.4 Å². The summed E-state index contributed by atoms with van der Waals surface area (Å²) in [5, 5.41) is 3.45. The van der Waals surface area contributed by atoms with Crippen LogP contribution >= 0.6 is 11.6 Å². The van der Waals surface area contributed by atoms with E-state index in [1.165, 1.54) is 36.7 Å². The third-order valence-corrected chi connectivity index (χ3v) is 7.12. The summed E-state index contributed by atoms with van der Waals surface area (Å²) >= 11 is 6.04. The first-order valence-corrected chi connectivity index (χ1v) is 11.8. The van der Waals surface area contributed by atoms with E-state index >= 15 is 0 Å². The van der Waals surface area contributed by atoms with Crippen molar-refractivity contribution in [2.45, 2.75) is 24.4 Å². The molecule has 0 aromatic heterocycles. The standard InChI is InChI=1S/C24H25ClN2O4S/c1-17(19-10-7-11-21(25)14-19)26-24(28)20-12-13-22(31-3)23(15-20)32(29,30)27(2)16-18-8-5-4-6-9-18/h4-15,17H,16H2,1-3H3,(H,26,28). The van der Waals surface area contributed by atoms with Crippen molar-refractivity contribution < 1.29 is 17.9 Å². The molecule has 3 rings (SSSR count). The molecule has 6 nitrogen and oxygen atoms in total. The molecule has 8 heteroatoms. The Hall–Kier alpha value is -2.87. The van der Waals surface area contributed by atoms with Crippen molar-refractivity contribution >= 4 is 27.5 Å². The van der Waals surface area contributed by atoms with Crippen molar-refractivity contribution in [3.05, 3.63) is 94.5 Å². The summed E-state index contributed by atoms with van der Waals surface area (Å²) in [4.78, 5) is 12.8. The van der Waals surface area contributed by atoms with Crippen molar-refractivity contribution in [3.63, 3.8) is 0 Å². The number of methoxy groups -OCH3 is 1. The Kier molecular flexibility index (Phi) is 7.56. The predicted molar refractivity (Wildman–Crippen MR) is 125 cm³/mol. The van der Waals surface area contributed by atoms with E-state index < -0.39 is 15.9 Å². The molecule has 32 heavy (non-hydrogen) atoms. The van der Waals surface area contributed by atoms with Gasteiger partial charge in [0.05, 0.1) is 13.2 Å². The van der Waals surface area contributed by atoms with Crippen LogP contribution in [0.2, 0.25) is 5.02 Å². The first-order chi connectivity index (χ1) is 15.2. The van der Waals surface area contributed by atoms with Gasteiger partial charge in [0, 0.05) is 24.2 Å². The molecule has 168 valence electrons. The molecule has 0 radical (unpaired) electrons. The Balaban J connectivity index is 1.86. The fourth-order valence-corrected chi connectivity index (χ4v) is 4.79. The molecular formula is C24H25ClN2O4S. The summed E-state index contributed by atoms with van der Waals surface area (Å²) in [6, 6.07) is 20.5. The fourth-order valence-electron chi connectivity index (χ4n) is 3.25. The highest BCUT2D eigenvalue weighted by atomic mass is 35.5. The van der Waals surface area contributed by atoms with Gasteiger partial charge < -0.3 is 10.1 Å². The highest BCUT2D eigenvalue weighted by Crippen LogP contribution is 2.28.